The summed E-state index contributed by atoms with van der Waals surface area (Å²) in [5.41, 5.74) is 2.27. The number of thioether (sulfide) groups is 1. The van der Waals surface area contributed by atoms with Gasteiger partial charge in [-0.1, -0.05) is 0 Å². The van der Waals surface area contributed by atoms with Crippen LogP contribution in [0.4, 0.5) is 5.69 Å². The van der Waals surface area contributed by atoms with E-state index in [0.717, 1.165) is 26.3 Å². The molecule has 1 atom stereocenters. The Morgan fingerprint density at radius 3 is 2.81 bits per heavy atom. The number of nitrogens with one attached hydrogen (secondary N) is 2. The van der Waals surface area contributed by atoms with E-state index < -0.39 is 0 Å². The summed E-state index contributed by atoms with van der Waals surface area (Å²) in [5, 5.41) is 8.47. The highest BCUT2D eigenvalue weighted by Crippen LogP contribution is 2.27. The molecule has 0 aliphatic carbocycles. The van der Waals surface area contributed by atoms with Gasteiger partial charge in [0, 0.05) is 16.3 Å². The summed E-state index contributed by atoms with van der Waals surface area (Å²) in [6.45, 7) is 9.85. The maximum Gasteiger partial charge on any atom is 0.259 e. The minimum Gasteiger partial charge on any atom is -0.324 e. The summed E-state index contributed by atoms with van der Waals surface area (Å²) in [6.07, 6.45) is 3.40. The lowest BCUT2D eigenvalue weighted by Gasteiger charge is -2.12. The van der Waals surface area contributed by atoms with E-state index in [1.165, 1.54) is 23.1 Å². The molecule has 31 heavy (non-hydrogen) atoms. The van der Waals surface area contributed by atoms with Gasteiger partial charge in [0.15, 0.2) is 5.65 Å². The molecule has 0 aliphatic heterocycles. The van der Waals surface area contributed by atoms with Crippen LogP contribution in [0.15, 0.2) is 23.3 Å². The number of rotatable bonds is 6. The number of nitrogens with zero attached hydrogens (tertiary/aromatic N) is 4. The molecule has 162 valence electrons. The molecule has 4 aromatic rings. The smallest absolute Gasteiger partial charge is 0.259 e. The molecule has 1 amide bonds. The number of anilines is 1. The second-order valence-corrected chi connectivity index (χ2v) is 10.3. The molecule has 4 heterocycles. The van der Waals surface area contributed by atoms with E-state index >= 15 is 0 Å². The van der Waals surface area contributed by atoms with Gasteiger partial charge < -0.3 is 10.3 Å². The zero-order valence-corrected chi connectivity index (χ0v) is 19.6. The number of aromatic nitrogens is 5. The highest BCUT2D eigenvalue weighted by molar-refractivity contribution is 7.99. The normalized spacial score (nSPS) is 12.7. The molecular formula is C21H24N6O2S2. The van der Waals surface area contributed by atoms with Gasteiger partial charge in [-0.2, -0.15) is 5.10 Å². The Hall–Kier alpha value is -2.72. The van der Waals surface area contributed by atoms with E-state index in [9.17, 15) is 9.59 Å². The first-order chi connectivity index (χ1) is 14.7. The Balaban J connectivity index is 1.42. The fraction of sp³-hybridized carbons (Fsp3) is 0.381. The maximum absolute atomic E-state index is 12.6. The lowest BCUT2D eigenvalue weighted by molar-refractivity contribution is -0.115. The van der Waals surface area contributed by atoms with Gasteiger partial charge in [0.05, 0.1) is 34.5 Å². The van der Waals surface area contributed by atoms with Gasteiger partial charge in [0.25, 0.3) is 5.56 Å². The standard InChI is InChI=1S/C21H24N6O2S2/c1-10(2)27-18-14(7-23-27)6-15(8-22-18)24-19(28)13(5)30-9-16-25-20(29)17-11(3)12(4)31-21(17)26-16/h6-8,10,13H,9H2,1-5H3,(H,24,28)(H,25,26,29). The van der Waals surface area contributed by atoms with E-state index in [2.05, 4.69) is 25.4 Å². The molecule has 0 aromatic carbocycles. The Morgan fingerprint density at radius 1 is 1.29 bits per heavy atom. The van der Waals surface area contributed by atoms with E-state index in [0.29, 0.717) is 22.7 Å². The highest BCUT2D eigenvalue weighted by atomic mass is 32.2. The van der Waals surface area contributed by atoms with Gasteiger partial charge in [0.2, 0.25) is 5.91 Å². The molecule has 0 saturated heterocycles. The van der Waals surface area contributed by atoms with Crippen molar-refractivity contribution in [3.63, 3.8) is 0 Å². The lowest BCUT2D eigenvalue weighted by Crippen LogP contribution is -2.23. The van der Waals surface area contributed by atoms with Crippen molar-refractivity contribution < 1.29 is 4.79 Å². The summed E-state index contributed by atoms with van der Waals surface area (Å²) < 4.78 is 1.85. The predicted octanol–water partition coefficient (Wildman–Crippen LogP) is 4.19. The minimum atomic E-state index is -0.332. The van der Waals surface area contributed by atoms with Gasteiger partial charge in [-0.05, 0) is 46.2 Å². The van der Waals surface area contributed by atoms with Crippen LogP contribution in [0.25, 0.3) is 21.3 Å². The number of aryl methyl sites for hydroxylation is 2. The molecule has 0 bridgehead atoms. The first-order valence-electron chi connectivity index (χ1n) is 9.99. The van der Waals surface area contributed by atoms with Crippen LogP contribution in [0, 0.1) is 13.8 Å². The number of pyridine rings is 1. The third-order valence-electron chi connectivity index (χ3n) is 5.12. The molecule has 10 heteroatoms. The zero-order chi connectivity index (χ0) is 22.3. The highest BCUT2D eigenvalue weighted by Gasteiger charge is 2.17. The molecule has 0 aliphatic rings. The third-order valence-corrected chi connectivity index (χ3v) is 7.37. The van der Waals surface area contributed by atoms with Crippen LogP contribution >= 0.6 is 23.1 Å². The number of hydrogen-bond acceptors (Lipinski definition) is 7. The first kappa shape index (κ1) is 21.5. The van der Waals surface area contributed by atoms with Crippen molar-refractivity contribution in [1.82, 2.24) is 24.7 Å². The quantitative estimate of drug-likeness (QED) is 0.451. The molecule has 0 fully saturated rings. The van der Waals surface area contributed by atoms with Gasteiger partial charge in [0.1, 0.15) is 10.7 Å². The fourth-order valence-electron chi connectivity index (χ4n) is 3.28. The van der Waals surface area contributed by atoms with Crippen molar-refractivity contribution in [3.05, 3.63) is 45.1 Å². The van der Waals surface area contributed by atoms with Crippen molar-refractivity contribution >= 4 is 55.9 Å². The zero-order valence-electron chi connectivity index (χ0n) is 18.0. The van der Waals surface area contributed by atoms with E-state index in [4.69, 9.17) is 0 Å². The molecular weight excluding hydrogens is 432 g/mol. The number of aromatic amines is 1. The molecule has 4 rings (SSSR count). The van der Waals surface area contributed by atoms with E-state index in [1.54, 1.807) is 12.4 Å². The first-order valence-corrected chi connectivity index (χ1v) is 11.9. The summed E-state index contributed by atoms with van der Waals surface area (Å²) in [6, 6.07) is 2.08. The Morgan fingerprint density at radius 2 is 2.06 bits per heavy atom. The largest absolute Gasteiger partial charge is 0.324 e. The van der Waals surface area contributed by atoms with Crippen molar-refractivity contribution in [1.29, 1.82) is 0 Å². The van der Waals surface area contributed by atoms with Crippen LogP contribution in [0.1, 0.15) is 43.1 Å². The summed E-state index contributed by atoms with van der Waals surface area (Å²) in [5.74, 6) is 0.884. The summed E-state index contributed by atoms with van der Waals surface area (Å²) in [4.78, 5) is 38.8. The van der Waals surface area contributed by atoms with Crippen molar-refractivity contribution in [3.8, 4) is 0 Å². The molecule has 4 aromatic heterocycles. The average Bonchev–Trinajstić information content (AvgIpc) is 3.26. The Kier molecular flexibility index (Phi) is 5.85. The Labute approximate surface area is 187 Å². The SMILES string of the molecule is Cc1sc2nc(CSC(C)C(=O)Nc3cnc4c(cnn4C(C)C)c3)[nH]c(=O)c2c1C. The average molecular weight is 457 g/mol. The monoisotopic (exact) mass is 456 g/mol. The summed E-state index contributed by atoms with van der Waals surface area (Å²) >= 11 is 2.94. The predicted molar refractivity (Wildman–Crippen MR) is 127 cm³/mol. The van der Waals surface area contributed by atoms with Crippen LogP contribution < -0.4 is 10.9 Å². The van der Waals surface area contributed by atoms with Crippen LogP contribution in [0.5, 0.6) is 0 Å². The van der Waals surface area contributed by atoms with Crippen LogP contribution in [-0.4, -0.2) is 35.9 Å². The maximum atomic E-state index is 12.6. The lowest BCUT2D eigenvalue weighted by atomic mass is 10.2. The van der Waals surface area contributed by atoms with Gasteiger partial charge in [-0.3, -0.25) is 9.59 Å². The Bertz CT molecular complexity index is 1340. The van der Waals surface area contributed by atoms with Gasteiger partial charge >= 0.3 is 0 Å². The number of carbonyl (C=O) groups is 1. The van der Waals surface area contributed by atoms with Crippen LogP contribution in [-0.2, 0) is 10.5 Å². The van der Waals surface area contributed by atoms with Crippen LogP contribution in [0.3, 0.4) is 0 Å². The number of thiophene rings is 1. The number of H-pyrrole nitrogens is 1. The van der Waals surface area contributed by atoms with E-state index in [-0.39, 0.29) is 22.8 Å². The molecule has 0 saturated carbocycles. The number of carbonyl (C=O) groups excluding carboxylic acids is 1. The van der Waals surface area contributed by atoms with Crippen molar-refractivity contribution in [2.45, 2.75) is 51.7 Å². The molecule has 1 unspecified atom stereocenters. The number of amides is 1. The number of hydrogen-bond donors (Lipinski definition) is 2. The van der Waals surface area contributed by atoms with Crippen molar-refractivity contribution in [2.24, 2.45) is 0 Å². The van der Waals surface area contributed by atoms with Gasteiger partial charge in [-0.15, -0.1) is 23.1 Å². The van der Waals surface area contributed by atoms with E-state index in [1.807, 2.05) is 45.4 Å². The molecule has 2 N–H and O–H groups in total. The van der Waals surface area contributed by atoms with Gasteiger partial charge in [-0.25, -0.2) is 14.6 Å². The van der Waals surface area contributed by atoms with Crippen molar-refractivity contribution in [2.75, 3.05) is 5.32 Å². The molecule has 0 radical (unpaired) electrons. The topological polar surface area (TPSA) is 106 Å². The third kappa shape index (κ3) is 4.22. The second kappa shape index (κ2) is 8.43. The minimum absolute atomic E-state index is 0.124. The number of fused-ring (bicyclic) bond motifs is 2. The molecule has 8 nitrogen and oxygen atoms in total. The molecule has 0 spiro atoms. The second-order valence-electron chi connectivity index (χ2n) is 7.74. The summed E-state index contributed by atoms with van der Waals surface area (Å²) in [7, 11) is 0. The fourth-order valence-corrected chi connectivity index (χ4v) is 5.08. The van der Waals surface area contributed by atoms with Crippen LogP contribution in [0.2, 0.25) is 0 Å².